The zero-order valence-corrected chi connectivity index (χ0v) is 15.3. The third-order valence-electron chi connectivity index (χ3n) is 3.83. The van der Waals surface area contributed by atoms with Gasteiger partial charge in [0.1, 0.15) is 0 Å². The van der Waals surface area contributed by atoms with Crippen LogP contribution in [0.3, 0.4) is 0 Å². The number of nitrogens with one attached hydrogen (secondary N) is 1. The summed E-state index contributed by atoms with van der Waals surface area (Å²) in [5.41, 5.74) is 0.758. The zero-order valence-electron chi connectivity index (χ0n) is 15.3. The van der Waals surface area contributed by atoms with Gasteiger partial charge in [-0.3, -0.25) is 4.79 Å². The van der Waals surface area contributed by atoms with Crippen molar-refractivity contribution in [3.8, 4) is 11.4 Å². The van der Waals surface area contributed by atoms with Crippen LogP contribution in [0, 0.1) is 5.41 Å². The van der Waals surface area contributed by atoms with E-state index in [9.17, 15) is 9.90 Å². The third-order valence-corrected chi connectivity index (χ3v) is 3.83. The number of aromatic nitrogens is 2. The predicted octanol–water partition coefficient (Wildman–Crippen LogP) is 2.80. The first-order valence-corrected chi connectivity index (χ1v) is 8.57. The second-order valence-corrected chi connectivity index (χ2v) is 7.06. The molecule has 0 bridgehead atoms. The second-order valence-electron chi connectivity index (χ2n) is 7.06. The van der Waals surface area contributed by atoms with Crippen LogP contribution in [-0.2, 0) is 0 Å². The molecule has 0 saturated heterocycles. The summed E-state index contributed by atoms with van der Waals surface area (Å²) >= 11 is 0. The number of aliphatic hydroxyl groups is 1. The van der Waals surface area contributed by atoms with E-state index in [1.807, 2.05) is 58.0 Å². The Balaban J connectivity index is 2.19. The summed E-state index contributed by atoms with van der Waals surface area (Å²) in [7, 11) is 0. The highest BCUT2D eigenvalue weighted by Crippen LogP contribution is 2.21. The molecule has 1 aromatic heterocycles. The molecule has 1 unspecified atom stereocenters. The van der Waals surface area contributed by atoms with Crippen molar-refractivity contribution < 1.29 is 14.6 Å². The van der Waals surface area contributed by atoms with Gasteiger partial charge in [0.25, 0.3) is 5.91 Å². The number of rotatable bonds is 7. The Morgan fingerprint density at radius 3 is 2.60 bits per heavy atom. The van der Waals surface area contributed by atoms with Crippen LogP contribution in [-0.4, -0.2) is 40.0 Å². The van der Waals surface area contributed by atoms with Crippen LogP contribution in [0.1, 0.15) is 44.6 Å². The molecule has 0 saturated carbocycles. The van der Waals surface area contributed by atoms with E-state index in [2.05, 4.69) is 10.4 Å². The normalized spacial score (nSPS) is 12.7. The van der Waals surface area contributed by atoms with E-state index < -0.39 is 6.10 Å². The lowest BCUT2D eigenvalue weighted by atomic mass is 9.89. The van der Waals surface area contributed by atoms with Gasteiger partial charge in [-0.2, -0.15) is 5.10 Å². The summed E-state index contributed by atoms with van der Waals surface area (Å²) in [5.74, 6) is 0.0811. The Hall–Kier alpha value is -2.34. The summed E-state index contributed by atoms with van der Waals surface area (Å²) in [6, 6.07) is 9.54. The van der Waals surface area contributed by atoms with Crippen molar-refractivity contribution in [3.05, 3.63) is 42.2 Å². The molecule has 136 valence electrons. The number of nitrogens with zero attached hydrogens (tertiary/aromatic N) is 2. The largest absolute Gasteiger partial charge is 0.489 e. The number of hydrogen-bond donors (Lipinski definition) is 2. The van der Waals surface area contributed by atoms with Gasteiger partial charge in [0, 0.05) is 6.54 Å². The summed E-state index contributed by atoms with van der Waals surface area (Å²) in [4.78, 5) is 12.5. The molecular weight excluding hydrogens is 318 g/mol. The summed E-state index contributed by atoms with van der Waals surface area (Å²) < 4.78 is 7.30. The number of hydrogen-bond acceptors (Lipinski definition) is 4. The van der Waals surface area contributed by atoms with Crippen LogP contribution in [0.25, 0.3) is 5.69 Å². The lowest BCUT2D eigenvalue weighted by Gasteiger charge is -2.25. The molecule has 0 aliphatic carbocycles. The van der Waals surface area contributed by atoms with Gasteiger partial charge in [0.05, 0.1) is 24.6 Å². The standard InChI is InChI=1S/C19H27N3O3/c1-5-11-25-15-13-22(14-9-7-6-8-10-14)21-17(15)18(24)20-12-16(23)19(2,3)4/h6-10,13,16,23H,5,11-12H2,1-4H3,(H,20,24). The number of carbonyl (C=O) groups excluding carboxylic acids is 1. The quantitative estimate of drug-likeness (QED) is 0.809. The molecule has 2 aromatic rings. The van der Waals surface area contributed by atoms with Gasteiger partial charge in [-0.25, -0.2) is 4.68 Å². The summed E-state index contributed by atoms with van der Waals surface area (Å²) in [6.45, 7) is 8.43. The molecule has 0 spiro atoms. The maximum Gasteiger partial charge on any atom is 0.275 e. The van der Waals surface area contributed by atoms with Crippen LogP contribution in [0.2, 0.25) is 0 Å². The van der Waals surface area contributed by atoms with E-state index in [-0.39, 0.29) is 23.6 Å². The number of benzene rings is 1. The number of ether oxygens (including phenoxy) is 1. The first kappa shape index (κ1) is 19.0. The Morgan fingerprint density at radius 2 is 2.00 bits per heavy atom. The monoisotopic (exact) mass is 345 g/mol. The summed E-state index contributed by atoms with van der Waals surface area (Å²) in [5, 5.41) is 17.2. The fraction of sp³-hybridized carbons (Fsp3) is 0.474. The van der Waals surface area contributed by atoms with Crippen LogP contribution >= 0.6 is 0 Å². The van der Waals surface area contributed by atoms with Crippen LogP contribution < -0.4 is 10.1 Å². The third kappa shape index (κ3) is 5.06. The molecule has 0 aliphatic rings. The van der Waals surface area contributed by atoms with E-state index in [1.54, 1.807) is 10.9 Å². The molecule has 0 radical (unpaired) electrons. The van der Waals surface area contributed by atoms with Gasteiger partial charge in [-0.1, -0.05) is 45.9 Å². The van der Waals surface area contributed by atoms with Crippen LogP contribution in [0.15, 0.2) is 36.5 Å². The molecule has 1 heterocycles. The van der Waals surface area contributed by atoms with Crippen molar-refractivity contribution in [2.45, 2.75) is 40.2 Å². The zero-order chi connectivity index (χ0) is 18.4. The summed E-state index contributed by atoms with van der Waals surface area (Å²) in [6.07, 6.45) is 1.90. The molecule has 2 N–H and O–H groups in total. The molecule has 0 aliphatic heterocycles. The van der Waals surface area contributed by atoms with Gasteiger partial charge >= 0.3 is 0 Å². The molecule has 1 atom stereocenters. The predicted molar refractivity (Wildman–Crippen MR) is 97.1 cm³/mol. The van der Waals surface area contributed by atoms with Crippen molar-refractivity contribution in [1.29, 1.82) is 0 Å². The minimum Gasteiger partial charge on any atom is -0.489 e. The second kappa shape index (κ2) is 8.16. The van der Waals surface area contributed by atoms with E-state index in [0.717, 1.165) is 12.1 Å². The van der Waals surface area contributed by atoms with Gasteiger partial charge < -0.3 is 15.2 Å². The lowest BCUT2D eigenvalue weighted by molar-refractivity contribution is 0.0584. The Bertz CT molecular complexity index is 690. The van der Waals surface area contributed by atoms with Crippen molar-refractivity contribution in [2.75, 3.05) is 13.2 Å². The van der Waals surface area contributed by atoms with Crippen molar-refractivity contribution in [2.24, 2.45) is 5.41 Å². The van der Waals surface area contributed by atoms with E-state index in [1.165, 1.54) is 0 Å². The average Bonchev–Trinajstić information content (AvgIpc) is 3.01. The molecule has 0 fully saturated rings. The Kier molecular flexibility index (Phi) is 6.20. The van der Waals surface area contributed by atoms with Crippen molar-refractivity contribution in [1.82, 2.24) is 15.1 Å². The van der Waals surface area contributed by atoms with Crippen LogP contribution in [0.5, 0.6) is 5.75 Å². The van der Waals surface area contributed by atoms with Gasteiger partial charge in [-0.05, 0) is 24.0 Å². The molecule has 1 amide bonds. The topological polar surface area (TPSA) is 76.4 Å². The first-order chi connectivity index (χ1) is 11.8. The highest BCUT2D eigenvalue weighted by atomic mass is 16.5. The smallest absolute Gasteiger partial charge is 0.275 e. The van der Waals surface area contributed by atoms with Crippen LogP contribution in [0.4, 0.5) is 0 Å². The Morgan fingerprint density at radius 1 is 1.32 bits per heavy atom. The molecular formula is C19H27N3O3. The minimum atomic E-state index is -0.646. The fourth-order valence-electron chi connectivity index (χ4n) is 2.13. The van der Waals surface area contributed by atoms with Crippen molar-refractivity contribution >= 4 is 5.91 Å². The maximum absolute atomic E-state index is 12.5. The SMILES string of the molecule is CCCOc1cn(-c2ccccc2)nc1C(=O)NCC(O)C(C)(C)C. The maximum atomic E-state index is 12.5. The minimum absolute atomic E-state index is 0.160. The number of carbonyl (C=O) groups is 1. The van der Waals surface area contributed by atoms with Gasteiger partial charge in [0.15, 0.2) is 11.4 Å². The first-order valence-electron chi connectivity index (χ1n) is 8.57. The average molecular weight is 345 g/mol. The van der Waals surface area contributed by atoms with Gasteiger partial charge in [0.2, 0.25) is 0 Å². The molecule has 25 heavy (non-hydrogen) atoms. The van der Waals surface area contributed by atoms with Crippen molar-refractivity contribution in [3.63, 3.8) is 0 Å². The van der Waals surface area contributed by atoms with E-state index in [0.29, 0.717) is 12.4 Å². The van der Waals surface area contributed by atoms with E-state index in [4.69, 9.17) is 4.74 Å². The molecule has 2 rings (SSSR count). The highest BCUT2D eigenvalue weighted by Gasteiger charge is 2.24. The molecule has 6 nitrogen and oxygen atoms in total. The number of para-hydroxylation sites is 1. The highest BCUT2D eigenvalue weighted by molar-refractivity contribution is 5.95. The number of amides is 1. The molecule has 6 heteroatoms. The van der Waals surface area contributed by atoms with E-state index >= 15 is 0 Å². The molecule has 1 aromatic carbocycles. The lowest BCUT2D eigenvalue weighted by Crippen LogP contribution is -2.39. The number of aliphatic hydroxyl groups excluding tert-OH is 1. The Labute approximate surface area is 148 Å². The fourth-order valence-corrected chi connectivity index (χ4v) is 2.13. The van der Waals surface area contributed by atoms with Gasteiger partial charge in [-0.15, -0.1) is 0 Å².